The molecule has 3 rings (SSSR count). The maximum absolute atomic E-state index is 11.9. The number of aliphatic hydroxyl groups excluding tert-OH is 1. The summed E-state index contributed by atoms with van der Waals surface area (Å²) in [5.41, 5.74) is -0.435. The zero-order valence-electron chi connectivity index (χ0n) is 10.3. The predicted molar refractivity (Wildman–Crippen MR) is 60.1 cm³/mol. The molecule has 1 amide bonds. The number of hydrogen-bond acceptors (Lipinski definition) is 3. The van der Waals surface area contributed by atoms with E-state index in [4.69, 9.17) is 4.74 Å². The minimum Gasteiger partial charge on any atom is -0.444 e. The van der Waals surface area contributed by atoms with Crippen LogP contribution in [-0.2, 0) is 4.74 Å². The van der Waals surface area contributed by atoms with E-state index in [1.807, 2.05) is 25.7 Å². The van der Waals surface area contributed by atoms with E-state index in [0.717, 1.165) is 19.3 Å². The molecule has 2 heterocycles. The number of ether oxygens (including phenoxy) is 1. The molecule has 0 radical (unpaired) electrons. The molecule has 3 aliphatic rings. The SMILES string of the molecule is CC(C)(C)OC(=O)N1[C@@H]2CC[C@@H](CO)[C@H]1C2. The Morgan fingerprint density at radius 3 is 2.62 bits per heavy atom. The lowest BCUT2D eigenvalue weighted by atomic mass is 9.73. The average Bonchev–Trinajstić information content (AvgIpc) is 2.14. The van der Waals surface area contributed by atoms with E-state index in [2.05, 4.69) is 0 Å². The van der Waals surface area contributed by atoms with Crippen molar-refractivity contribution in [1.29, 1.82) is 0 Å². The van der Waals surface area contributed by atoms with Gasteiger partial charge >= 0.3 is 6.09 Å². The van der Waals surface area contributed by atoms with Crippen LogP contribution in [0.5, 0.6) is 0 Å². The number of carbonyl (C=O) groups is 1. The molecule has 1 N–H and O–H groups in total. The summed E-state index contributed by atoms with van der Waals surface area (Å²) in [6.45, 7) is 5.81. The highest BCUT2D eigenvalue weighted by Crippen LogP contribution is 2.42. The Morgan fingerprint density at radius 2 is 2.12 bits per heavy atom. The van der Waals surface area contributed by atoms with Gasteiger partial charge in [0.15, 0.2) is 0 Å². The molecule has 4 heteroatoms. The van der Waals surface area contributed by atoms with Gasteiger partial charge < -0.3 is 14.7 Å². The number of rotatable bonds is 1. The summed E-state index contributed by atoms with van der Waals surface area (Å²) in [4.78, 5) is 13.8. The summed E-state index contributed by atoms with van der Waals surface area (Å²) in [6, 6.07) is 0.557. The van der Waals surface area contributed by atoms with Gasteiger partial charge in [-0.15, -0.1) is 0 Å². The van der Waals surface area contributed by atoms with Gasteiger partial charge in [-0.2, -0.15) is 0 Å². The molecule has 0 aromatic heterocycles. The number of hydrogen-bond donors (Lipinski definition) is 1. The largest absolute Gasteiger partial charge is 0.444 e. The van der Waals surface area contributed by atoms with Gasteiger partial charge in [-0.05, 0) is 40.0 Å². The Kier molecular flexibility index (Phi) is 2.86. The maximum atomic E-state index is 11.9. The summed E-state index contributed by atoms with van der Waals surface area (Å²) in [5.74, 6) is 0.248. The average molecular weight is 227 g/mol. The van der Waals surface area contributed by atoms with Crippen molar-refractivity contribution < 1.29 is 14.6 Å². The number of fused-ring (bicyclic) bond motifs is 2. The molecule has 2 bridgehead atoms. The van der Waals surface area contributed by atoms with Crippen LogP contribution in [0.2, 0.25) is 0 Å². The van der Waals surface area contributed by atoms with Gasteiger partial charge in [0, 0.05) is 24.6 Å². The topological polar surface area (TPSA) is 49.8 Å². The molecule has 3 atom stereocenters. The van der Waals surface area contributed by atoms with E-state index in [1.54, 1.807) is 0 Å². The molecule has 1 saturated carbocycles. The van der Waals surface area contributed by atoms with Crippen LogP contribution in [0.4, 0.5) is 4.79 Å². The van der Waals surface area contributed by atoms with Gasteiger partial charge in [-0.25, -0.2) is 4.79 Å². The van der Waals surface area contributed by atoms with Gasteiger partial charge in [-0.1, -0.05) is 0 Å². The minimum atomic E-state index is -0.435. The Labute approximate surface area is 96.6 Å². The van der Waals surface area contributed by atoms with Crippen LogP contribution < -0.4 is 0 Å². The van der Waals surface area contributed by atoms with E-state index >= 15 is 0 Å². The first-order valence-electron chi connectivity index (χ1n) is 6.04. The second-order valence-electron chi connectivity index (χ2n) is 5.86. The first kappa shape index (κ1) is 11.7. The fourth-order valence-corrected chi connectivity index (χ4v) is 2.73. The van der Waals surface area contributed by atoms with Crippen molar-refractivity contribution in [2.75, 3.05) is 6.61 Å². The van der Waals surface area contributed by atoms with Gasteiger partial charge in [-0.3, -0.25) is 0 Å². The van der Waals surface area contributed by atoms with Gasteiger partial charge in [0.2, 0.25) is 0 Å². The van der Waals surface area contributed by atoms with Crippen molar-refractivity contribution >= 4 is 6.09 Å². The zero-order valence-corrected chi connectivity index (χ0v) is 10.3. The monoisotopic (exact) mass is 227 g/mol. The van der Waals surface area contributed by atoms with Gasteiger partial charge in [0.1, 0.15) is 5.60 Å². The van der Waals surface area contributed by atoms with E-state index in [1.165, 1.54) is 0 Å². The fourth-order valence-electron chi connectivity index (χ4n) is 2.73. The number of amides is 1. The second kappa shape index (κ2) is 3.91. The maximum Gasteiger partial charge on any atom is 0.410 e. The molecule has 0 aromatic carbocycles. The van der Waals surface area contributed by atoms with Crippen molar-refractivity contribution in [2.24, 2.45) is 5.92 Å². The first-order chi connectivity index (χ1) is 7.42. The number of piperidine rings is 1. The number of nitrogens with zero attached hydrogens (tertiary/aromatic N) is 1. The molecule has 0 spiro atoms. The number of aliphatic hydroxyl groups is 1. The van der Waals surface area contributed by atoms with E-state index < -0.39 is 5.60 Å². The molecule has 3 fully saturated rings. The van der Waals surface area contributed by atoms with Crippen molar-refractivity contribution in [1.82, 2.24) is 4.90 Å². The van der Waals surface area contributed by atoms with Crippen LogP contribution in [0.15, 0.2) is 0 Å². The fraction of sp³-hybridized carbons (Fsp3) is 0.917. The molecule has 0 unspecified atom stereocenters. The highest BCUT2D eigenvalue weighted by molar-refractivity contribution is 5.70. The van der Waals surface area contributed by atoms with Crippen LogP contribution in [0, 0.1) is 5.92 Å². The lowest BCUT2D eigenvalue weighted by Gasteiger charge is -2.55. The number of carbonyl (C=O) groups excluding carboxylic acids is 1. The molecule has 16 heavy (non-hydrogen) atoms. The molecule has 92 valence electrons. The predicted octanol–water partition coefficient (Wildman–Crippen LogP) is 1.77. The van der Waals surface area contributed by atoms with Crippen molar-refractivity contribution in [3.05, 3.63) is 0 Å². The molecule has 4 nitrogen and oxygen atoms in total. The quantitative estimate of drug-likeness (QED) is 0.742. The Balaban J connectivity index is 1.98. The molecule has 0 aromatic rings. The van der Waals surface area contributed by atoms with Crippen molar-refractivity contribution in [3.63, 3.8) is 0 Å². The summed E-state index contributed by atoms with van der Waals surface area (Å²) in [7, 11) is 0. The highest BCUT2D eigenvalue weighted by atomic mass is 16.6. The molecular formula is C12H21NO3. The molecule has 2 aliphatic heterocycles. The zero-order chi connectivity index (χ0) is 11.9. The van der Waals surface area contributed by atoms with Crippen LogP contribution >= 0.6 is 0 Å². The molecular weight excluding hydrogens is 206 g/mol. The van der Waals surface area contributed by atoms with Crippen LogP contribution in [0.1, 0.15) is 40.0 Å². The summed E-state index contributed by atoms with van der Waals surface area (Å²) in [6.07, 6.45) is 2.85. The normalized spacial score (nSPS) is 33.2. The highest BCUT2D eigenvalue weighted by Gasteiger charge is 2.50. The third-order valence-corrected chi connectivity index (χ3v) is 3.52. The smallest absolute Gasteiger partial charge is 0.410 e. The van der Waals surface area contributed by atoms with Crippen molar-refractivity contribution in [2.45, 2.75) is 57.7 Å². The van der Waals surface area contributed by atoms with E-state index in [0.29, 0.717) is 6.04 Å². The molecule has 2 saturated heterocycles. The summed E-state index contributed by atoms with van der Waals surface area (Å²) < 4.78 is 5.38. The lowest BCUT2D eigenvalue weighted by Crippen LogP contribution is -2.65. The van der Waals surface area contributed by atoms with Gasteiger partial charge in [0.25, 0.3) is 0 Å². The summed E-state index contributed by atoms with van der Waals surface area (Å²) >= 11 is 0. The van der Waals surface area contributed by atoms with Crippen LogP contribution in [-0.4, -0.2) is 40.4 Å². The standard InChI is InChI=1S/C12H21NO3/c1-12(2,3)16-11(15)13-9-5-4-8(7-14)10(13)6-9/h8-10,14H,4-7H2,1-3H3/t8-,9+,10+/m0/s1. The Bertz CT molecular complexity index is 282. The molecule has 1 aliphatic carbocycles. The van der Waals surface area contributed by atoms with Crippen molar-refractivity contribution in [3.8, 4) is 0 Å². The third kappa shape index (κ3) is 2.03. The summed E-state index contributed by atoms with van der Waals surface area (Å²) in [5, 5.41) is 9.24. The van der Waals surface area contributed by atoms with Crippen LogP contribution in [0.25, 0.3) is 0 Å². The third-order valence-electron chi connectivity index (χ3n) is 3.52. The Morgan fingerprint density at radius 1 is 1.44 bits per heavy atom. The first-order valence-corrected chi connectivity index (χ1v) is 6.04. The minimum absolute atomic E-state index is 0.177. The van der Waals surface area contributed by atoms with Crippen LogP contribution in [0.3, 0.4) is 0 Å². The lowest BCUT2D eigenvalue weighted by molar-refractivity contribution is -0.0831. The van der Waals surface area contributed by atoms with Gasteiger partial charge in [0.05, 0.1) is 0 Å². The second-order valence-corrected chi connectivity index (χ2v) is 5.86. The van der Waals surface area contributed by atoms with E-state index in [9.17, 15) is 9.90 Å². The Hall–Kier alpha value is -0.770. The van der Waals surface area contributed by atoms with E-state index in [-0.39, 0.29) is 24.7 Å².